The number of piperidine rings is 1. The average Bonchev–Trinajstić information content (AvgIpc) is 2.27. The first-order valence-corrected chi connectivity index (χ1v) is 5.63. The van der Waals surface area contributed by atoms with Crippen LogP contribution < -0.4 is 10.6 Å². The lowest BCUT2D eigenvalue weighted by Gasteiger charge is -2.31. The van der Waals surface area contributed by atoms with Gasteiger partial charge in [0.1, 0.15) is 6.54 Å². The molecule has 7 heteroatoms. The van der Waals surface area contributed by atoms with E-state index in [4.69, 9.17) is 0 Å². The smallest absolute Gasteiger partial charge is 0.346 e. The minimum atomic E-state index is -4.34. The third-order valence-corrected chi connectivity index (χ3v) is 2.81. The van der Waals surface area contributed by atoms with Gasteiger partial charge in [-0.1, -0.05) is 0 Å². The lowest BCUT2D eigenvalue weighted by atomic mass is 10.1. The molecule has 1 rings (SSSR count). The monoisotopic (exact) mass is 253 g/mol. The Balaban J connectivity index is 2.25. The second-order valence-corrected chi connectivity index (χ2v) is 4.29. The van der Waals surface area contributed by atoms with E-state index in [1.807, 2.05) is 10.2 Å². The summed E-state index contributed by atoms with van der Waals surface area (Å²) in [6.45, 7) is 0.533. The summed E-state index contributed by atoms with van der Waals surface area (Å²) in [6, 6.07) is 0.271. The molecule has 17 heavy (non-hydrogen) atoms. The summed E-state index contributed by atoms with van der Waals surface area (Å²) in [5.74, 6) is -0.580. The molecule has 1 heterocycles. The molecule has 0 saturated carbocycles. The first-order chi connectivity index (χ1) is 7.88. The van der Waals surface area contributed by atoms with Gasteiger partial charge in [-0.3, -0.25) is 9.69 Å². The van der Waals surface area contributed by atoms with Crippen molar-refractivity contribution in [1.29, 1.82) is 0 Å². The minimum Gasteiger partial charge on any atom is -0.346 e. The van der Waals surface area contributed by atoms with Gasteiger partial charge in [0.2, 0.25) is 5.91 Å². The molecule has 1 saturated heterocycles. The summed E-state index contributed by atoms with van der Waals surface area (Å²) in [6.07, 6.45) is -2.50. The summed E-state index contributed by atoms with van der Waals surface area (Å²) in [5, 5.41) is 5.06. The molecule has 100 valence electrons. The molecule has 0 aliphatic carbocycles. The molecule has 0 atom stereocenters. The molecule has 1 aliphatic rings. The van der Waals surface area contributed by atoms with Crippen molar-refractivity contribution < 1.29 is 18.0 Å². The van der Waals surface area contributed by atoms with Gasteiger partial charge in [-0.25, -0.2) is 0 Å². The minimum absolute atomic E-state index is 0.0146. The second-order valence-electron chi connectivity index (χ2n) is 4.29. The first-order valence-electron chi connectivity index (χ1n) is 5.63. The SMILES string of the molecule is CN(CC(=O)NCC(F)(F)F)C1CCNCC1. The lowest BCUT2D eigenvalue weighted by molar-refractivity contribution is -0.139. The Morgan fingerprint density at radius 1 is 1.41 bits per heavy atom. The maximum absolute atomic E-state index is 11.9. The predicted molar refractivity (Wildman–Crippen MR) is 57.6 cm³/mol. The standard InChI is InChI=1S/C10H18F3N3O/c1-16(8-2-4-14-5-3-8)6-9(17)15-7-10(11,12)13/h8,14H,2-7H2,1H3,(H,15,17). The van der Waals surface area contributed by atoms with Crippen LogP contribution in [0.25, 0.3) is 0 Å². The Bertz CT molecular complexity index is 252. The van der Waals surface area contributed by atoms with E-state index in [0.717, 1.165) is 25.9 Å². The number of nitrogens with zero attached hydrogens (tertiary/aromatic N) is 1. The molecule has 0 bridgehead atoms. The molecule has 2 N–H and O–H groups in total. The maximum atomic E-state index is 11.9. The topological polar surface area (TPSA) is 44.4 Å². The summed E-state index contributed by atoms with van der Waals surface area (Å²) in [7, 11) is 1.77. The zero-order valence-electron chi connectivity index (χ0n) is 9.81. The van der Waals surface area contributed by atoms with Gasteiger partial charge in [-0.15, -0.1) is 0 Å². The number of nitrogens with one attached hydrogen (secondary N) is 2. The summed E-state index contributed by atoms with van der Waals surface area (Å²) in [4.78, 5) is 13.1. The number of hydrogen-bond donors (Lipinski definition) is 2. The third kappa shape index (κ3) is 5.88. The quantitative estimate of drug-likeness (QED) is 0.760. The molecule has 1 fully saturated rings. The fraction of sp³-hybridized carbons (Fsp3) is 0.900. The Hall–Kier alpha value is -0.820. The highest BCUT2D eigenvalue weighted by molar-refractivity contribution is 5.78. The van der Waals surface area contributed by atoms with Crippen LogP contribution in [0.5, 0.6) is 0 Å². The van der Waals surface area contributed by atoms with Crippen molar-refractivity contribution in [3.05, 3.63) is 0 Å². The molecule has 1 aliphatic heterocycles. The van der Waals surface area contributed by atoms with Crippen molar-refractivity contribution in [2.75, 3.05) is 33.2 Å². The van der Waals surface area contributed by atoms with Crippen molar-refractivity contribution in [1.82, 2.24) is 15.5 Å². The van der Waals surface area contributed by atoms with Gasteiger partial charge < -0.3 is 10.6 Å². The van der Waals surface area contributed by atoms with Crippen LogP contribution in [-0.4, -0.2) is 56.3 Å². The fourth-order valence-electron chi connectivity index (χ4n) is 1.86. The van der Waals surface area contributed by atoms with E-state index in [1.165, 1.54) is 0 Å². The highest BCUT2D eigenvalue weighted by Gasteiger charge is 2.28. The Morgan fingerprint density at radius 3 is 2.53 bits per heavy atom. The van der Waals surface area contributed by atoms with Gasteiger partial charge in [0.05, 0.1) is 6.54 Å². The Morgan fingerprint density at radius 2 is 2.00 bits per heavy atom. The van der Waals surface area contributed by atoms with Gasteiger partial charge in [0.25, 0.3) is 0 Å². The van der Waals surface area contributed by atoms with Crippen molar-refractivity contribution in [3.63, 3.8) is 0 Å². The molecule has 4 nitrogen and oxygen atoms in total. The van der Waals surface area contributed by atoms with E-state index in [9.17, 15) is 18.0 Å². The molecular formula is C10H18F3N3O. The van der Waals surface area contributed by atoms with Crippen molar-refractivity contribution in [2.45, 2.75) is 25.1 Å². The predicted octanol–water partition coefficient (Wildman–Crippen LogP) is 0.349. The van der Waals surface area contributed by atoms with Crippen molar-refractivity contribution >= 4 is 5.91 Å². The number of amides is 1. The summed E-state index contributed by atoms with van der Waals surface area (Å²) < 4.78 is 35.6. The lowest BCUT2D eigenvalue weighted by Crippen LogP contribution is -2.46. The first kappa shape index (κ1) is 14.2. The normalized spacial score (nSPS) is 18.4. The van der Waals surface area contributed by atoms with Crippen LogP contribution in [0, 0.1) is 0 Å². The van der Waals surface area contributed by atoms with Crippen LogP contribution in [0.2, 0.25) is 0 Å². The number of alkyl halides is 3. The van der Waals surface area contributed by atoms with E-state index in [-0.39, 0.29) is 12.6 Å². The number of halogens is 3. The molecule has 0 aromatic rings. The zero-order chi connectivity index (χ0) is 12.9. The van der Waals surface area contributed by atoms with Gasteiger partial charge in [-0.2, -0.15) is 13.2 Å². The van der Waals surface area contributed by atoms with E-state index in [2.05, 4.69) is 5.32 Å². The van der Waals surface area contributed by atoms with Crippen LogP contribution in [0.1, 0.15) is 12.8 Å². The second kappa shape index (κ2) is 6.20. The van der Waals surface area contributed by atoms with E-state index >= 15 is 0 Å². The molecule has 0 aromatic heterocycles. The maximum Gasteiger partial charge on any atom is 0.405 e. The highest BCUT2D eigenvalue weighted by Crippen LogP contribution is 2.12. The number of likely N-dealkylation sites (N-methyl/N-ethyl adjacent to an activating group) is 1. The summed E-state index contributed by atoms with van der Waals surface area (Å²) >= 11 is 0. The van der Waals surface area contributed by atoms with Gasteiger partial charge in [0, 0.05) is 6.04 Å². The number of rotatable bonds is 4. The summed E-state index contributed by atoms with van der Waals surface area (Å²) in [5.41, 5.74) is 0. The van der Waals surface area contributed by atoms with Crippen LogP contribution in [0.3, 0.4) is 0 Å². The average molecular weight is 253 g/mol. The molecule has 1 amide bonds. The Labute approximate surface area is 98.5 Å². The number of carbonyl (C=O) groups is 1. The van der Waals surface area contributed by atoms with Crippen molar-refractivity contribution in [2.24, 2.45) is 0 Å². The molecule has 0 aromatic carbocycles. The number of carbonyl (C=O) groups excluding carboxylic acids is 1. The largest absolute Gasteiger partial charge is 0.405 e. The Kier molecular flexibility index (Phi) is 5.20. The molecular weight excluding hydrogens is 235 g/mol. The van der Waals surface area contributed by atoms with Crippen LogP contribution in [0.4, 0.5) is 13.2 Å². The number of hydrogen-bond acceptors (Lipinski definition) is 3. The fourth-order valence-corrected chi connectivity index (χ4v) is 1.86. The van der Waals surface area contributed by atoms with Crippen LogP contribution in [0.15, 0.2) is 0 Å². The van der Waals surface area contributed by atoms with Crippen molar-refractivity contribution in [3.8, 4) is 0 Å². The molecule has 0 spiro atoms. The molecule has 0 unspecified atom stereocenters. The van der Waals surface area contributed by atoms with E-state index in [0.29, 0.717) is 0 Å². The van der Waals surface area contributed by atoms with Gasteiger partial charge >= 0.3 is 6.18 Å². The third-order valence-electron chi connectivity index (χ3n) is 2.81. The van der Waals surface area contributed by atoms with Crippen LogP contribution >= 0.6 is 0 Å². The molecule has 0 radical (unpaired) electrons. The zero-order valence-corrected chi connectivity index (χ0v) is 9.81. The van der Waals surface area contributed by atoms with Gasteiger partial charge in [0.15, 0.2) is 0 Å². The highest BCUT2D eigenvalue weighted by atomic mass is 19.4. The van der Waals surface area contributed by atoms with E-state index in [1.54, 1.807) is 7.05 Å². The van der Waals surface area contributed by atoms with Gasteiger partial charge in [-0.05, 0) is 33.0 Å². The van der Waals surface area contributed by atoms with Crippen LogP contribution in [-0.2, 0) is 4.79 Å². The van der Waals surface area contributed by atoms with E-state index < -0.39 is 18.6 Å².